The molecule has 3 amide bonds. The number of carbonyl (C=O) groups is 3. The van der Waals surface area contributed by atoms with Crippen LogP contribution in [0.3, 0.4) is 0 Å². The molecule has 3 aliphatic rings. The molecule has 0 radical (unpaired) electrons. The van der Waals surface area contributed by atoms with Gasteiger partial charge in [-0.25, -0.2) is 4.79 Å². The lowest BCUT2D eigenvalue weighted by molar-refractivity contribution is -0.130. The van der Waals surface area contributed by atoms with Crippen molar-refractivity contribution in [1.82, 2.24) is 14.7 Å². The largest absolute Gasteiger partial charge is 0.446 e. The lowest BCUT2D eigenvalue weighted by atomic mass is 10.0. The standard InChI is InChI=1S/C32H40Cl2N4O4S/c1-21-5-6-25(15-30(21)34)38(32(41)42-26-9-13-36(14-10-26)22(2)39)12-4-11-35-17-23-19-37(20-24(23)18-35)31(40)28-16-27(43-3)7-8-29(28)33/h5-8,15-16,23-24,26H,4,9-14,17-20H2,1-3H3. The van der Waals surface area contributed by atoms with Gasteiger partial charge in [-0.05, 0) is 73.9 Å². The third-order valence-corrected chi connectivity index (χ3v) is 10.4. The first-order valence-electron chi connectivity index (χ1n) is 15.0. The zero-order valence-electron chi connectivity index (χ0n) is 25.1. The van der Waals surface area contributed by atoms with Gasteiger partial charge in [0.15, 0.2) is 0 Å². The summed E-state index contributed by atoms with van der Waals surface area (Å²) >= 11 is 14.4. The molecule has 2 unspecified atom stereocenters. The van der Waals surface area contributed by atoms with E-state index in [0.717, 1.165) is 55.3 Å². The minimum atomic E-state index is -0.377. The van der Waals surface area contributed by atoms with Crippen molar-refractivity contribution < 1.29 is 19.1 Å². The zero-order chi connectivity index (χ0) is 30.7. The van der Waals surface area contributed by atoms with E-state index in [1.165, 1.54) is 0 Å². The van der Waals surface area contributed by atoms with E-state index >= 15 is 0 Å². The summed E-state index contributed by atoms with van der Waals surface area (Å²) in [6.07, 6.45) is 3.46. The predicted molar refractivity (Wildman–Crippen MR) is 172 cm³/mol. The Bertz CT molecular complexity index is 1340. The van der Waals surface area contributed by atoms with Crippen LogP contribution in [0.25, 0.3) is 0 Å². The number of likely N-dealkylation sites (tertiary alicyclic amines) is 3. The molecule has 8 nitrogen and oxygen atoms in total. The molecule has 0 saturated carbocycles. The Morgan fingerprint density at radius 3 is 2.28 bits per heavy atom. The highest BCUT2D eigenvalue weighted by atomic mass is 35.5. The van der Waals surface area contributed by atoms with Gasteiger partial charge in [-0.3, -0.25) is 14.5 Å². The van der Waals surface area contributed by atoms with E-state index < -0.39 is 0 Å². The van der Waals surface area contributed by atoms with E-state index in [1.807, 2.05) is 48.4 Å². The molecular formula is C32H40Cl2N4O4S. The molecule has 0 spiro atoms. The fraction of sp³-hybridized carbons (Fsp3) is 0.531. The maximum absolute atomic E-state index is 13.4. The molecule has 2 aromatic carbocycles. The number of piperidine rings is 1. The molecule has 11 heteroatoms. The van der Waals surface area contributed by atoms with Gasteiger partial charge in [0, 0.05) is 81.2 Å². The summed E-state index contributed by atoms with van der Waals surface area (Å²) in [6.45, 7) is 9.40. The molecule has 3 saturated heterocycles. The first-order chi connectivity index (χ1) is 20.6. The molecule has 0 N–H and O–H groups in total. The Balaban J connectivity index is 1.15. The third-order valence-electron chi connectivity index (χ3n) is 8.95. The number of fused-ring (bicyclic) bond motifs is 1. The second-order valence-electron chi connectivity index (χ2n) is 11.9. The van der Waals surface area contributed by atoms with Crippen molar-refractivity contribution >= 4 is 58.6 Å². The molecule has 2 atom stereocenters. The van der Waals surface area contributed by atoms with Gasteiger partial charge >= 0.3 is 6.09 Å². The van der Waals surface area contributed by atoms with Gasteiger partial charge in [0.2, 0.25) is 5.91 Å². The number of halogens is 2. The van der Waals surface area contributed by atoms with E-state index in [2.05, 4.69) is 4.90 Å². The summed E-state index contributed by atoms with van der Waals surface area (Å²) in [4.78, 5) is 47.3. The lowest BCUT2D eigenvalue weighted by Gasteiger charge is -2.32. The van der Waals surface area contributed by atoms with Crippen molar-refractivity contribution in [3.05, 3.63) is 57.6 Å². The van der Waals surface area contributed by atoms with Crippen molar-refractivity contribution in [3.8, 4) is 0 Å². The van der Waals surface area contributed by atoms with Crippen LogP contribution in [-0.4, -0.2) is 97.3 Å². The summed E-state index contributed by atoms with van der Waals surface area (Å²) in [7, 11) is 0. The summed E-state index contributed by atoms with van der Waals surface area (Å²) in [5.41, 5.74) is 2.25. The first kappa shape index (κ1) is 31.9. The van der Waals surface area contributed by atoms with E-state index in [4.69, 9.17) is 27.9 Å². The predicted octanol–water partition coefficient (Wildman–Crippen LogP) is 6.07. The number of rotatable bonds is 8. The molecule has 3 fully saturated rings. The van der Waals surface area contributed by atoms with Crippen LogP contribution in [0, 0.1) is 18.8 Å². The van der Waals surface area contributed by atoms with Gasteiger partial charge in [-0.1, -0.05) is 29.3 Å². The number of amides is 3. The van der Waals surface area contributed by atoms with Crippen LogP contribution in [0.5, 0.6) is 0 Å². The fourth-order valence-corrected chi connectivity index (χ4v) is 7.24. The number of carbonyl (C=O) groups excluding carboxylic acids is 3. The number of thioether (sulfide) groups is 1. The molecule has 3 heterocycles. The second-order valence-corrected chi connectivity index (χ2v) is 13.6. The highest BCUT2D eigenvalue weighted by Gasteiger charge is 2.42. The Morgan fingerprint density at radius 2 is 1.65 bits per heavy atom. The topological polar surface area (TPSA) is 73.4 Å². The maximum atomic E-state index is 13.4. The quantitative estimate of drug-likeness (QED) is 0.324. The zero-order valence-corrected chi connectivity index (χ0v) is 27.4. The number of aryl methyl sites for hydroxylation is 1. The number of hydrogen-bond donors (Lipinski definition) is 0. The van der Waals surface area contributed by atoms with Crippen molar-refractivity contribution in [3.63, 3.8) is 0 Å². The normalized spacial score (nSPS) is 20.8. The van der Waals surface area contributed by atoms with Crippen molar-refractivity contribution in [2.75, 3.05) is 63.5 Å². The van der Waals surface area contributed by atoms with Gasteiger partial charge in [0.1, 0.15) is 6.10 Å². The summed E-state index contributed by atoms with van der Waals surface area (Å²) in [5.74, 6) is 0.935. The average molecular weight is 648 g/mol. The lowest BCUT2D eigenvalue weighted by Crippen LogP contribution is -2.43. The molecular weight excluding hydrogens is 607 g/mol. The molecule has 232 valence electrons. The van der Waals surface area contributed by atoms with Crippen LogP contribution >= 0.6 is 35.0 Å². The Hall–Kier alpha value is -2.46. The van der Waals surface area contributed by atoms with Crippen LogP contribution < -0.4 is 4.90 Å². The van der Waals surface area contributed by atoms with E-state index in [-0.39, 0.29) is 24.0 Å². The van der Waals surface area contributed by atoms with Gasteiger partial charge in [0.25, 0.3) is 5.91 Å². The minimum absolute atomic E-state index is 0.0136. The number of hydrogen-bond acceptors (Lipinski definition) is 6. The van der Waals surface area contributed by atoms with Crippen LogP contribution in [-0.2, 0) is 9.53 Å². The van der Waals surface area contributed by atoms with Gasteiger partial charge < -0.3 is 19.4 Å². The maximum Gasteiger partial charge on any atom is 0.414 e. The van der Waals surface area contributed by atoms with E-state index in [1.54, 1.807) is 34.6 Å². The summed E-state index contributed by atoms with van der Waals surface area (Å²) in [5, 5.41) is 1.11. The van der Waals surface area contributed by atoms with Gasteiger partial charge in [-0.15, -0.1) is 11.8 Å². The van der Waals surface area contributed by atoms with E-state index in [0.29, 0.717) is 59.9 Å². The highest BCUT2D eigenvalue weighted by Crippen LogP contribution is 2.34. The van der Waals surface area contributed by atoms with Gasteiger partial charge in [-0.2, -0.15) is 0 Å². The SMILES string of the molecule is CSc1ccc(Cl)c(C(=O)N2CC3CN(CCCN(C(=O)OC4CCN(C(C)=O)CC4)c4ccc(C)c(Cl)c4)CC3C2)c1. The first-order valence-corrected chi connectivity index (χ1v) is 17.0. The molecule has 2 aromatic rings. The van der Waals surface area contributed by atoms with Crippen LogP contribution in [0.2, 0.25) is 10.0 Å². The Morgan fingerprint density at radius 1 is 0.953 bits per heavy atom. The molecule has 0 aromatic heterocycles. The molecule has 0 aliphatic carbocycles. The Kier molecular flexibility index (Phi) is 10.5. The van der Waals surface area contributed by atoms with Crippen LogP contribution in [0.1, 0.15) is 42.1 Å². The van der Waals surface area contributed by atoms with Crippen molar-refractivity contribution in [2.24, 2.45) is 11.8 Å². The number of nitrogens with zero attached hydrogens (tertiary/aromatic N) is 4. The molecule has 3 aliphatic heterocycles. The third kappa shape index (κ3) is 7.62. The van der Waals surface area contributed by atoms with Gasteiger partial charge in [0.05, 0.1) is 10.6 Å². The molecule has 5 rings (SSSR count). The fourth-order valence-electron chi connectivity index (χ4n) is 6.43. The minimum Gasteiger partial charge on any atom is -0.446 e. The monoisotopic (exact) mass is 646 g/mol. The molecule has 43 heavy (non-hydrogen) atoms. The average Bonchev–Trinajstić information content (AvgIpc) is 3.56. The number of ether oxygens (including phenoxy) is 1. The summed E-state index contributed by atoms with van der Waals surface area (Å²) in [6, 6.07) is 11.3. The van der Waals surface area contributed by atoms with Crippen molar-refractivity contribution in [2.45, 2.75) is 44.1 Å². The van der Waals surface area contributed by atoms with Crippen molar-refractivity contribution in [1.29, 1.82) is 0 Å². The second kappa shape index (κ2) is 14.1. The highest BCUT2D eigenvalue weighted by molar-refractivity contribution is 7.98. The van der Waals surface area contributed by atoms with Crippen LogP contribution in [0.15, 0.2) is 41.3 Å². The van der Waals surface area contributed by atoms with Crippen LogP contribution in [0.4, 0.5) is 10.5 Å². The smallest absolute Gasteiger partial charge is 0.414 e. The number of anilines is 1. The van der Waals surface area contributed by atoms with E-state index in [9.17, 15) is 14.4 Å². The Labute approximate surface area is 268 Å². The molecule has 0 bridgehead atoms. The summed E-state index contributed by atoms with van der Waals surface area (Å²) < 4.78 is 5.93. The number of benzene rings is 2.